The Balaban J connectivity index is 0.00000140. The molecule has 3 aromatic rings. The van der Waals surface area contributed by atoms with Crippen LogP contribution in [0.3, 0.4) is 0 Å². The molecule has 6 heteroatoms. The van der Waals surface area contributed by atoms with Crippen LogP contribution in [-0.4, -0.2) is 34.6 Å². The molecule has 0 aliphatic carbocycles. The SMILES string of the molecule is CN1CCC(c2cc(-c3ccncc3)c(-c3ccc(F)cc3)n2C)CC1.Cl.Cl. The molecule has 0 radical (unpaired) electrons. The molecular weight excluding hydrogens is 396 g/mol. The molecule has 0 spiro atoms. The molecular formula is C22H26Cl2FN3. The van der Waals surface area contributed by atoms with Crippen molar-refractivity contribution in [2.45, 2.75) is 18.8 Å². The fraction of sp³-hybridized carbons (Fsp3) is 0.318. The highest BCUT2D eigenvalue weighted by Gasteiger charge is 2.24. The van der Waals surface area contributed by atoms with E-state index in [9.17, 15) is 4.39 Å². The first kappa shape index (κ1) is 22.4. The lowest BCUT2D eigenvalue weighted by atomic mass is 9.93. The van der Waals surface area contributed by atoms with E-state index in [4.69, 9.17) is 0 Å². The van der Waals surface area contributed by atoms with Crippen molar-refractivity contribution in [3.63, 3.8) is 0 Å². The molecule has 1 saturated heterocycles. The first-order chi connectivity index (χ1) is 12.6. The number of likely N-dealkylation sites (tertiary alicyclic amines) is 1. The molecule has 0 saturated carbocycles. The predicted molar refractivity (Wildman–Crippen MR) is 118 cm³/mol. The van der Waals surface area contributed by atoms with Gasteiger partial charge in [-0.3, -0.25) is 4.98 Å². The number of hydrogen-bond acceptors (Lipinski definition) is 2. The minimum atomic E-state index is -0.205. The van der Waals surface area contributed by atoms with E-state index in [0.717, 1.165) is 29.9 Å². The molecule has 0 atom stereocenters. The van der Waals surface area contributed by atoms with Crippen LogP contribution >= 0.6 is 24.8 Å². The Morgan fingerprint density at radius 3 is 2.11 bits per heavy atom. The van der Waals surface area contributed by atoms with E-state index in [0.29, 0.717) is 5.92 Å². The predicted octanol–water partition coefficient (Wildman–Crippen LogP) is 5.55. The second-order valence-electron chi connectivity index (χ2n) is 7.21. The number of halogens is 3. The Morgan fingerprint density at radius 1 is 0.893 bits per heavy atom. The van der Waals surface area contributed by atoms with Crippen LogP contribution in [0.25, 0.3) is 22.4 Å². The van der Waals surface area contributed by atoms with E-state index >= 15 is 0 Å². The molecule has 28 heavy (non-hydrogen) atoms. The zero-order valence-corrected chi connectivity index (χ0v) is 17.8. The van der Waals surface area contributed by atoms with Crippen LogP contribution in [-0.2, 0) is 7.05 Å². The molecule has 1 fully saturated rings. The first-order valence-corrected chi connectivity index (χ1v) is 9.18. The Bertz CT molecular complexity index is 886. The van der Waals surface area contributed by atoms with Gasteiger partial charge in [0.05, 0.1) is 5.69 Å². The lowest BCUT2D eigenvalue weighted by molar-refractivity contribution is 0.252. The molecule has 1 aliphatic heterocycles. The Labute approximate surface area is 178 Å². The zero-order chi connectivity index (χ0) is 18.1. The standard InChI is InChI=1S/C22H24FN3.2ClH/c1-25-13-9-17(10-14-25)21-15-20(16-7-11-24-12-8-16)22(26(21)2)18-3-5-19(23)6-4-18;;/h3-8,11-12,15,17H,9-10,13-14H2,1-2H3;2*1H. The van der Waals surface area contributed by atoms with Crippen molar-refractivity contribution in [3.8, 4) is 22.4 Å². The van der Waals surface area contributed by atoms with Gasteiger partial charge in [0.2, 0.25) is 0 Å². The van der Waals surface area contributed by atoms with E-state index in [-0.39, 0.29) is 30.6 Å². The zero-order valence-electron chi connectivity index (χ0n) is 16.1. The number of hydrogen-bond donors (Lipinski definition) is 0. The number of rotatable bonds is 3. The summed E-state index contributed by atoms with van der Waals surface area (Å²) >= 11 is 0. The van der Waals surface area contributed by atoms with E-state index in [1.54, 1.807) is 0 Å². The number of nitrogens with zero attached hydrogens (tertiary/aromatic N) is 3. The molecule has 2 aromatic heterocycles. The second-order valence-corrected chi connectivity index (χ2v) is 7.21. The lowest BCUT2D eigenvalue weighted by Crippen LogP contribution is -2.29. The summed E-state index contributed by atoms with van der Waals surface area (Å²) in [6.45, 7) is 2.26. The molecule has 0 unspecified atom stereocenters. The van der Waals surface area contributed by atoms with Gasteiger partial charge in [-0.1, -0.05) is 0 Å². The molecule has 1 aliphatic rings. The minimum Gasteiger partial charge on any atom is -0.347 e. The van der Waals surface area contributed by atoms with Crippen LogP contribution in [0.15, 0.2) is 54.9 Å². The topological polar surface area (TPSA) is 21.1 Å². The number of piperidine rings is 1. The molecule has 3 heterocycles. The van der Waals surface area contributed by atoms with Gasteiger partial charge in [-0.05, 0) is 86.6 Å². The molecule has 0 amide bonds. The average molecular weight is 422 g/mol. The highest BCUT2D eigenvalue weighted by atomic mass is 35.5. The summed E-state index contributed by atoms with van der Waals surface area (Å²) in [6, 6.07) is 13.2. The Morgan fingerprint density at radius 2 is 1.50 bits per heavy atom. The van der Waals surface area contributed by atoms with Gasteiger partial charge in [0.25, 0.3) is 0 Å². The summed E-state index contributed by atoms with van der Waals surface area (Å²) in [5.74, 6) is 0.356. The summed E-state index contributed by atoms with van der Waals surface area (Å²) in [6.07, 6.45) is 6.00. The smallest absolute Gasteiger partial charge is 0.123 e. The van der Waals surface area contributed by atoms with Crippen LogP contribution in [0.4, 0.5) is 4.39 Å². The number of aromatic nitrogens is 2. The molecule has 4 rings (SSSR count). The average Bonchev–Trinajstić information content (AvgIpc) is 3.01. The van der Waals surface area contributed by atoms with Crippen molar-refractivity contribution in [3.05, 3.63) is 66.4 Å². The normalized spacial score (nSPS) is 15.0. The van der Waals surface area contributed by atoms with E-state index < -0.39 is 0 Å². The highest BCUT2D eigenvalue weighted by Crippen LogP contribution is 2.39. The summed E-state index contributed by atoms with van der Waals surface area (Å²) in [4.78, 5) is 6.54. The first-order valence-electron chi connectivity index (χ1n) is 9.18. The fourth-order valence-corrected chi connectivity index (χ4v) is 4.03. The van der Waals surface area contributed by atoms with Crippen LogP contribution in [0.5, 0.6) is 0 Å². The van der Waals surface area contributed by atoms with Gasteiger partial charge in [0.1, 0.15) is 5.82 Å². The van der Waals surface area contributed by atoms with Crippen molar-refractivity contribution in [2.24, 2.45) is 7.05 Å². The monoisotopic (exact) mass is 421 g/mol. The van der Waals surface area contributed by atoms with Crippen molar-refractivity contribution < 1.29 is 4.39 Å². The third-order valence-electron chi connectivity index (χ3n) is 5.52. The molecule has 1 aromatic carbocycles. The molecule has 0 N–H and O–H groups in total. The third kappa shape index (κ3) is 4.40. The van der Waals surface area contributed by atoms with Crippen molar-refractivity contribution >= 4 is 24.8 Å². The number of benzene rings is 1. The molecule has 150 valence electrons. The van der Waals surface area contributed by atoms with E-state index in [1.165, 1.54) is 36.2 Å². The van der Waals surface area contributed by atoms with Crippen molar-refractivity contribution in [1.29, 1.82) is 0 Å². The third-order valence-corrected chi connectivity index (χ3v) is 5.52. The van der Waals surface area contributed by atoms with E-state index in [1.807, 2.05) is 36.7 Å². The van der Waals surface area contributed by atoms with Gasteiger partial charge in [-0.25, -0.2) is 4.39 Å². The van der Waals surface area contributed by atoms with Gasteiger partial charge in [0.15, 0.2) is 0 Å². The fourth-order valence-electron chi connectivity index (χ4n) is 4.03. The summed E-state index contributed by atoms with van der Waals surface area (Å²) in [7, 11) is 4.32. The van der Waals surface area contributed by atoms with Crippen LogP contribution in [0.1, 0.15) is 24.5 Å². The summed E-state index contributed by atoms with van der Waals surface area (Å²) in [5, 5.41) is 0. The lowest BCUT2D eigenvalue weighted by Gasteiger charge is -2.29. The van der Waals surface area contributed by atoms with Crippen LogP contribution < -0.4 is 0 Å². The largest absolute Gasteiger partial charge is 0.347 e. The van der Waals surface area contributed by atoms with Gasteiger partial charge in [0, 0.05) is 36.6 Å². The summed E-state index contributed by atoms with van der Waals surface area (Å²) in [5.41, 5.74) is 5.89. The van der Waals surface area contributed by atoms with Crippen LogP contribution in [0.2, 0.25) is 0 Å². The quantitative estimate of drug-likeness (QED) is 0.552. The maximum absolute atomic E-state index is 13.4. The van der Waals surface area contributed by atoms with Crippen LogP contribution in [0, 0.1) is 5.82 Å². The highest BCUT2D eigenvalue weighted by molar-refractivity contribution is 5.85. The maximum atomic E-state index is 13.4. The van der Waals surface area contributed by atoms with Gasteiger partial charge < -0.3 is 9.47 Å². The van der Waals surface area contributed by atoms with Crippen molar-refractivity contribution in [2.75, 3.05) is 20.1 Å². The summed E-state index contributed by atoms with van der Waals surface area (Å²) < 4.78 is 15.7. The Kier molecular flexibility index (Phi) is 7.64. The Hall–Kier alpha value is -1.88. The van der Waals surface area contributed by atoms with Crippen molar-refractivity contribution in [1.82, 2.24) is 14.5 Å². The van der Waals surface area contributed by atoms with E-state index in [2.05, 4.69) is 34.6 Å². The van der Waals surface area contributed by atoms with Gasteiger partial charge in [-0.15, -0.1) is 24.8 Å². The molecule has 3 nitrogen and oxygen atoms in total. The van der Waals surface area contributed by atoms with Gasteiger partial charge in [-0.2, -0.15) is 0 Å². The maximum Gasteiger partial charge on any atom is 0.123 e. The number of pyridine rings is 1. The second kappa shape index (κ2) is 9.55. The molecule has 0 bridgehead atoms. The minimum absolute atomic E-state index is 0. The van der Waals surface area contributed by atoms with Gasteiger partial charge >= 0.3 is 0 Å².